The molecule has 0 radical (unpaired) electrons. The molecule has 0 saturated carbocycles. The number of rotatable bonds is 4. The highest BCUT2D eigenvalue weighted by Gasteiger charge is 2.13. The van der Waals surface area contributed by atoms with Gasteiger partial charge >= 0.3 is 0 Å². The van der Waals surface area contributed by atoms with Gasteiger partial charge in [0, 0.05) is 27.9 Å². The van der Waals surface area contributed by atoms with Gasteiger partial charge in [0.2, 0.25) is 0 Å². The molecule has 0 spiro atoms. The lowest BCUT2D eigenvalue weighted by Gasteiger charge is -2.21. The summed E-state index contributed by atoms with van der Waals surface area (Å²) >= 11 is 1.70. The van der Waals surface area contributed by atoms with E-state index in [1.54, 1.807) is 11.3 Å². The zero-order chi connectivity index (χ0) is 15.6. The number of aromatic nitrogens is 2. The lowest BCUT2D eigenvalue weighted by molar-refractivity contribution is 0.429. The molecule has 0 atom stereocenters. The topological polar surface area (TPSA) is 37.8 Å². The van der Waals surface area contributed by atoms with Gasteiger partial charge in [0.25, 0.3) is 0 Å². The van der Waals surface area contributed by atoms with E-state index in [0.29, 0.717) is 0 Å². The Balaban J connectivity index is 2.20. The fourth-order valence-electron chi connectivity index (χ4n) is 2.37. The van der Waals surface area contributed by atoms with Gasteiger partial charge in [0.15, 0.2) is 5.82 Å². The third-order valence-corrected chi connectivity index (χ3v) is 4.41. The minimum Gasteiger partial charge on any atom is -0.312 e. The Hall–Kier alpha value is -1.26. The second-order valence-electron chi connectivity index (χ2n) is 6.59. The third kappa shape index (κ3) is 4.11. The Morgan fingerprint density at radius 2 is 1.67 bits per heavy atom. The Labute approximate surface area is 131 Å². The van der Waals surface area contributed by atoms with Gasteiger partial charge in [0.05, 0.1) is 0 Å². The summed E-state index contributed by atoms with van der Waals surface area (Å²) in [5.41, 5.74) is 6.02. The maximum Gasteiger partial charge on any atom is 0.160 e. The third-order valence-electron chi connectivity index (χ3n) is 3.55. The molecule has 2 heterocycles. The first-order chi connectivity index (χ1) is 9.78. The molecule has 4 heteroatoms. The average molecular weight is 303 g/mol. The largest absolute Gasteiger partial charge is 0.312 e. The number of thiophene rings is 1. The molecule has 0 aromatic carbocycles. The molecular formula is C17H25N3S. The van der Waals surface area contributed by atoms with Crippen molar-refractivity contribution < 1.29 is 0 Å². The minimum absolute atomic E-state index is 0.149. The Bertz CT molecular complexity index is 600. The summed E-state index contributed by atoms with van der Waals surface area (Å²) in [5, 5.41) is 7.79. The standard InChI is InChI=1S/C17H25N3S/c1-11-9-21-10-15(11)16-19-12(2)14(13(3)20-16)7-8-18-17(4,5)6/h9-10,18H,7-8H2,1-6H3. The van der Waals surface area contributed by atoms with Gasteiger partial charge < -0.3 is 5.32 Å². The van der Waals surface area contributed by atoms with Crippen molar-refractivity contribution in [1.29, 1.82) is 0 Å². The Kier molecular flexibility index (Phi) is 4.79. The van der Waals surface area contributed by atoms with E-state index in [4.69, 9.17) is 9.97 Å². The summed E-state index contributed by atoms with van der Waals surface area (Å²) in [6.07, 6.45) is 0.970. The number of aryl methyl sites for hydroxylation is 3. The second-order valence-corrected chi connectivity index (χ2v) is 7.34. The first-order valence-corrected chi connectivity index (χ1v) is 8.34. The fourth-order valence-corrected chi connectivity index (χ4v) is 3.20. The normalized spacial score (nSPS) is 11.9. The van der Waals surface area contributed by atoms with Crippen molar-refractivity contribution in [2.24, 2.45) is 0 Å². The highest BCUT2D eigenvalue weighted by atomic mass is 32.1. The molecule has 0 fully saturated rings. The smallest absolute Gasteiger partial charge is 0.160 e. The van der Waals surface area contributed by atoms with Crippen molar-refractivity contribution in [1.82, 2.24) is 15.3 Å². The average Bonchev–Trinajstić information content (AvgIpc) is 2.77. The molecule has 0 amide bonds. The zero-order valence-corrected chi connectivity index (χ0v) is 14.7. The molecule has 0 saturated heterocycles. The fraction of sp³-hybridized carbons (Fsp3) is 0.529. The molecule has 0 aliphatic rings. The van der Waals surface area contributed by atoms with Crippen LogP contribution in [0.15, 0.2) is 10.8 Å². The van der Waals surface area contributed by atoms with Gasteiger partial charge in [-0.15, -0.1) is 0 Å². The summed E-state index contributed by atoms with van der Waals surface area (Å²) in [6.45, 7) is 13.8. The van der Waals surface area contributed by atoms with E-state index in [9.17, 15) is 0 Å². The number of nitrogens with one attached hydrogen (secondary N) is 1. The van der Waals surface area contributed by atoms with Crippen molar-refractivity contribution in [3.8, 4) is 11.4 Å². The van der Waals surface area contributed by atoms with Gasteiger partial charge in [0.1, 0.15) is 0 Å². The summed E-state index contributed by atoms with van der Waals surface area (Å²) in [4.78, 5) is 9.44. The molecule has 2 rings (SSSR count). The Morgan fingerprint density at radius 3 is 2.14 bits per heavy atom. The van der Waals surface area contributed by atoms with E-state index in [0.717, 1.165) is 35.7 Å². The van der Waals surface area contributed by atoms with E-state index < -0.39 is 0 Å². The summed E-state index contributed by atoms with van der Waals surface area (Å²) < 4.78 is 0. The minimum atomic E-state index is 0.149. The molecule has 2 aromatic heterocycles. The summed E-state index contributed by atoms with van der Waals surface area (Å²) in [7, 11) is 0. The summed E-state index contributed by atoms with van der Waals surface area (Å²) in [6, 6.07) is 0. The molecule has 114 valence electrons. The number of hydrogen-bond acceptors (Lipinski definition) is 4. The van der Waals surface area contributed by atoms with Crippen LogP contribution in [0.25, 0.3) is 11.4 Å². The van der Waals surface area contributed by atoms with Crippen molar-refractivity contribution in [3.05, 3.63) is 33.3 Å². The van der Waals surface area contributed by atoms with Crippen molar-refractivity contribution >= 4 is 11.3 Å². The molecule has 21 heavy (non-hydrogen) atoms. The maximum atomic E-state index is 4.72. The van der Waals surface area contributed by atoms with Gasteiger partial charge in [-0.3, -0.25) is 0 Å². The van der Waals surface area contributed by atoms with Gasteiger partial charge in [-0.2, -0.15) is 11.3 Å². The van der Waals surface area contributed by atoms with Crippen LogP contribution in [0.3, 0.4) is 0 Å². The van der Waals surface area contributed by atoms with Crippen molar-refractivity contribution in [2.45, 2.75) is 53.5 Å². The highest BCUT2D eigenvalue weighted by molar-refractivity contribution is 7.08. The molecule has 0 aliphatic carbocycles. The number of nitrogens with zero attached hydrogens (tertiary/aromatic N) is 2. The van der Waals surface area contributed by atoms with E-state index in [-0.39, 0.29) is 5.54 Å². The van der Waals surface area contributed by atoms with Crippen LogP contribution in [0, 0.1) is 20.8 Å². The van der Waals surface area contributed by atoms with Crippen LogP contribution in [-0.2, 0) is 6.42 Å². The second kappa shape index (κ2) is 6.24. The lowest BCUT2D eigenvalue weighted by atomic mass is 10.1. The van der Waals surface area contributed by atoms with Crippen LogP contribution >= 0.6 is 11.3 Å². The first-order valence-electron chi connectivity index (χ1n) is 7.40. The zero-order valence-electron chi connectivity index (χ0n) is 13.9. The quantitative estimate of drug-likeness (QED) is 0.925. The van der Waals surface area contributed by atoms with Crippen molar-refractivity contribution in [2.75, 3.05) is 6.54 Å². The van der Waals surface area contributed by atoms with Gasteiger partial charge in [-0.25, -0.2) is 9.97 Å². The molecular weight excluding hydrogens is 278 g/mol. The number of hydrogen-bond donors (Lipinski definition) is 1. The van der Waals surface area contributed by atoms with E-state index in [2.05, 4.69) is 57.6 Å². The van der Waals surface area contributed by atoms with Gasteiger partial charge in [-0.05, 0) is 71.0 Å². The lowest BCUT2D eigenvalue weighted by Crippen LogP contribution is -2.37. The molecule has 0 bridgehead atoms. The van der Waals surface area contributed by atoms with Gasteiger partial charge in [-0.1, -0.05) is 0 Å². The first kappa shape index (κ1) is 16.1. The molecule has 0 aliphatic heterocycles. The highest BCUT2D eigenvalue weighted by Crippen LogP contribution is 2.25. The van der Waals surface area contributed by atoms with Crippen LogP contribution < -0.4 is 5.32 Å². The van der Waals surface area contributed by atoms with E-state index in [1.807, 2.05) is 0 Å². The SMILES string of the molecule is Cc1cscc1-c1nc(C)c(CCNC(C)(C)C)c(C)n1. The van der Waals surface area contributed by atoms with Crippen LogP contribution in [0.4, 0.5) is 0 Å². The monoisotopic (exact) mass is 303 g/mol. The predicted octanol–water partition coefficient (Wildman–Crippen LogP) is 4.06. The van der Waals surface area contributed by atoms with Crippen LogP contribution in [-0.4, -0.2) is 22.1 Å². The predicted molar refractivity (Wildman–Crippen MR) is 91.0 cm³/mol. The maximum absolute atomic E-state index is 4.72. The molecule has 0 unspecified atom stereocenters. The molecule has 1 N–H and O–H groups in total. The molecule has 3 nitrogen and oxygen atoms in total. The van der Waals surface area contributed by atoms with Crippen LogP contribution in [0.5, 0.6) is 0 Å². The van der Waals surface area contributed by atoms with Crippen LogP contribution in [0.1, 0.15) is 43.3 Å². The van der Waals surface area contributed by atoms with E-state index in [1.165, 1.54) is 11.1 Å². The van der Waals surface area contributed by atoms with E-state index >= 15 is 0 Å². The van der Waals surface area contributed by atoms with Crippen LogP contribution in [0.2, 0.25) is 0 Å². The van der Waals surface area contributed by atoms with Crippen molar-refractivity contribution in [3.63, 3.8) is 0 Å². The molecule has 2 aromatic rings. The summed E-state index contributed by atoms with van der Waals surface area (Å²) in [5.74, 6) is 0.858. The Morgan fingerprint density at radius 1 is 1.05 bits per heavy atom.